The van der Waals surface area contributed by atoms with Gasteiger partial charge < -0.3 is 4.74 Å². The van der Waals surface area contributed by atoms with Gasteiger partial charge in [0.05, 0.1) is 11.7 Å². The van der Waals surface area contributed by atoms with Crippen molar-refractivity contribution in [1.29, 1.82) is 0 Å². The Morgan fingerprint density at radius 2 is 2.00 bits per heavy atom. The Morgan fingerprint density at radius 3 is 2.40 bits per heavy atom. The van der Waals surface area contributed by atoms with Crippen LogP contribution in [0.4, 0.5) is 0 Å². The third kappa shape index (κ3) is 0.731. The van der Waals surface area contributed by atoms with Gasteiger partial charge in [-0.1, -0.05) is 19.8 Å². The van der Waals surface area contributed by atoms with Crippen LogP contribution in [0.3, 0.4) is 0 Å². The van der Waals surface area contributed by atoms with Crippen molar-refractivity contribution < 1.29 is 4.74 Å². The summed E-state index contributed by atoms with van der Waals surface area (Å²) in [5, 5.41) is 0. The predicted molar refractivity (Wildman–Crippen MR) is 40.9 cm³/mol. The van der Waals surface area contributed by atoms with Crippen molar-refractivity contribution in [3.63, 3.8) is 0 Å². The summed E-state index contributed by atoms with van der Waals surface area (Å²) >= 11 is 0. The standard InChI is InChI=1S/C9H16O/c1-7-5-3-4-6-9(7)8(2)10-9/h7-8H,3-6H2,1-2H3. The maximum absolute atomic E-state index is 5.66. The van der Waals surface area contributed by atoms with E-state index >= 15 is 0 Å². The van der Waals surface area contributed by atoms with Crippen LogP contribution in [-0.2, 0) is 4.74 Å². The van der Waals surface area contributed by atoms with Gasteiger partial charge in [0.1, 0.15) is 0 Å². The molecule has 1 aliphatic heterocycles. The van der Waals surface area contributed by atoms with E-state index in [4.69, 9.17) is 4.74 Å². The van der Waals surface area contributed by atoms with Crippen LogP contribution in [0.2, 0.25) is 0 Å². The summed E-state index contributed by atoms with van der Waals surface area (Å²) in [4.78, 5) is 0. The number of hydrogen-bond donors (Lipinski definition) is 0. The summed E-state index contributed by atoms with van der Waals surface area (Å²) in [6.45, 7) is 4.55. The summed E-state index contributed by atoms with van der Waals surface area (Å²) in [7, 11) is 0. The Hall–Kier alpha value is -0.0400. The molecule has 0 aromatic heterocycles. The molecular weight excluding hydrogens is 124 g/mol. The Bertz CT molecular complexity index is 144. The van der Waals surface area contributed by atoms with E-state index in [2.05, 4.69) is 13.8 Å². The molecule has 0 aromatic carbocycles. The zero-order valence-electron chi connectivity index (χ0n) is 6.89. The van der Waals surface area contributed by atoms with Crippen LogP contribution in [-0.4, -0.2) is 11.7 Å². The number of rotatable bonds is 0. The van der Waals surface area contributed by atoms with E-state index in [-0.39, 0.29) is 0 Å². The van der Waals surface area contributed by atoms with Gasteiger partial charge in [-0.15, -0.1) is 0 Å². The van der Waals surface area contributed by atoms with Crippen LogP contribution >= 0.6 is 0 Å². The van der Waals surface area contributed by atoms with Gasteiger partial charge >= 0.3 is 0 Å². The van der Waals surface area contributed by atoms with Crippen molar-refractivity contribution >= 4 is 0 Å². The average molecular weight is 140 g/mol. The minimum absolute atomic E-state index is 0.345. The van der Waals surface area contributed by atoms with Gasteiger partial charge in [0.25, 0.3) is 0 Å². The van der Waals surface area contributed by atoms with E-state index in [1.165, 1.54) is 25.7 Å². The van der Waals surface area contributed by atoms with Crippen LogP contribution in [0.25, 0.3) is 0 Å². The first-order chi connectivity index (χ1) is 4.76. The topological polar surface area (TPSA) is 12.5 Å². The highest BCUT2D eigenvalue weighted by molar-refractivity contribution is 5.05. The molecule has 0 radical (unpaired) electrons. The van der Waals surface area contributed by atoms with Crippen molar-refractivity contribution in [3.8, 4) is 0 Å². The lowest BCUT2D eigenvalue weighted by molar-refractivity contribution is 0.171. The summed E-state index contributed by atoms with van der Waals surface area (Å²) in [6, 6.07) is 0. The van der Waals surface area contributed by atoms with Crippen molar-refractivity contribution in [2.45, 2.75) is 51.2 Å². The Kier molecular flexibility index (Phi) is 1.31. The molecule has 1 heteroatoms. The molecule has 10 heavy (non-hydrogen) atoms. The highest BCUT2D eigenvalue weighted by Crippen LogP contribution is 2.51. The molecule has 1 saturated carbocycles. The second kappa shape index (κ2) is 1.97. The largest absolute Gasteiger partial charge is 0.366 e. The lowest BCUT2D eigenvalue weighted by Crippen LogP contribution is -2.27. The van der Waals surface area contributed by atoms with Crippen LogP contribution in [0.5, 0.6) is 0 Å². The second-order valence-electron chi connectivity index (χ2n) is 3.86. The SMILES string of the molecule is CC1CCCCC12OC2C. The predicted octanol–water partition coefficient (Wildman–Crippen LogP) is 2.35. The van der Waals surface area contributed by atoms with Crippen molar-refractivity contribution in [2.75, 3.05) is 0 Å². The van der Waals surface area contributed by atoms with Gasteiger partial charge in [0, 0.05) is 0 Å². The van der Waals surface area contributed by atoms with E-state index < -0.39 is 0 Å². The second-order valence-corrected chi connectivity index (χ2v) is 3.86. The monoisotopic (exact) mass is 140 g/mol. The fraction of sp³-hybridized carbons (Fsp3) is 1.00. The molecule has 2 aliphatic rings. The van der Waals surface area contributed by atoms with E-state index in [9.17, 15) is 0 Å². The first kappa shape index (κ1) is 6.66. The average Bonchev–Trinajstić information content (AvgIpc) is 2.53. The van der Waals surface area contributed by atoms with Gasteiger partial charge in [-0.3, -0.25) is 0 Å². The molecule has 1 nitrogen and oxygen atoms in total. The lowest BCUT2D eigenvalue weighted by Gasteiger charge is -2.25. The molecule has 1 heterocycles. The minimum atomic E-state index is 0.345. The Labute approximate surface area is 62.8 Å². The third-order valence-electron chi connectivity index (χ3n) is 3.32. The molecule has 2 fully saturated rings. The zero-order valence-corrected chi connectivity index (χ0v) is 6.89. The van der Waals surface area contributed by atoms with Crippen LogP contribution in [0.1, 0.15) is 39.5 Å². The quantitative estimate of drug-likeness (QED) is 0.470. The third-order valence-corrected chi connectivity index (χ3v) is 3.32. The lowest BCUT2D eigenvalue weighted by atomic mass is 9.78. The van der Waals surface area contributed by atoms with Gasteiger partial charge in [0.15, 0.2) is 0 Å². The molecule has 0 N–H and O–H groups in total. The van der Waals surface area contributed by atoms with E-state index in [0.717, 1.165) is 5.92 Å². The van der Waals surface area contributed by atoms with Gasteiger partial charge in [-0.25, -0.2) is 0 Å². The van der Waals surface area contributed by atoms with Crippen molar-refractivity contribution in [3.05, 3.63) is 0 Å². The summed E-state index contributed by atoms with van der Waals surface area (Å²) in [6.07, 6.45) is 6.05. The van der Waals surface area contributed by atoms with Crippen molar-refractivity contribution in [1.82, 2.24) is 0 Å². The molecule has 0 aromatic rings. The molecule has 1 spiro atoms. The molecule has 0 bridgehead atoms. The molecular formula is C9H16O. The number of epoxide rings is 1. The van der Waals surface area contributed by atoms with Crippen molar-refractivity contribution in [2.24, 2.45) is 5.92 Å². The first-order valence-corrected chi connectivity index (χ1v) is 4.43. The molecule has 1 saturated heterocycles. The Morgan fingerprint density at radius 1 is 1.30 bits per heavy atom. The van der Waals surface area contributed by atoms with Gasteiger partial charge in [0.2, 0.25) is 0 Å². The molecule has 58 valence electrons. The maximum atomic E-state index is 5.66. The van der Waals surface area contributed by atoms with Gasteiger partial charge in [-0.05, 0) is 25.7 Å². The molecule has 0 amide bonds. The van der Waals surface area contributed by atoms with Crippen LogP contribution in [0, 0.1) is 5.92 Å². The van der Waals surface area contributed by atoms with Crippen LogP contribution in [0.15, 0.2) is 0 Å². The zero-order chi connectivity index (χ0) is 7.19. The first-order valence-electron chi connectivity index (χ1n) is 4.43. The molecule has 2 rings (SSSR count). The smallest absolute Gasteiger partial charge is 0.0970 e. The minimum Gasteiger partial charge on any atom is -0.366 e. The van der Waals surface area contributed by atoms with Gasteiger partial charge in [-0.2, -0.15) is 0 Å². The summed E-state index contributed by atoms with van der Waals surface area (Å²) in [5.74, 6) is 0.816. The molecule has 1 aliphatic carbocycles. The molecule has 3 unspecified atom stereocenters. The maximum Gasteiger partial charge on any atom is 0.0970 e. The van der Waals surface area contributed by atoms with E-state index in [1.54, 1.807) is 0 Å². The Balaban J connectivity index is 2.06. The van der Waals surface area contributed by atoms with Crippen LogP contribution < -0.4 is 0 Å². The fourth-order valence-electron chi connectivity index (χ4n) is 2.42. The van der Waals surface area contributed by atoms with E-state index in [1.807, 2.05) is 0 Å². The fourth-order valence-corrected chi connectivity index (χ4v) is 2.42. The number of hydrogen-bond acceptors (Lipinski definition) is 1. The molecule has 3 atom stereocenters. The normalized spacial score (nSPS) is 53.4. The summed E-state index contributed by atoms with van der Waals surface area (Å²) in [5.41, 5.74) is 0.345. The summed E-state index contributed by atoms with van der Waals surface area (Å²) < 4.78 is 5.66. The highest BCUT2D eigenvalue weighted by atomic mass is 16.6. The number of ether oxygens (including phenoxy) is 1. The van der Waals surface area contributed by atoms with E-state index in [0.29, 0.717) is 11.7 Å². The highest BCUT2D eigenvalue weighted by Gasteiger charge is 2.57.